The number of hydrogen-bond acceptors (Lipinski definition) is 2. The highest BCUT2D eigenvalue weighted by Gasteiger charge is 2.20. The van der Waals surface area contributed by atoms with Gasteiger partial charge in [0.25, 0.3) is 5.91 Å². The van der Waals surface area contributed by atoms with Crippen LogP contribution in [0.5, 0.6) is 5.75 Å². The molecule has 4 heteroatoms. The summed E-state index contributed by atoms with van der Waals surface area (Å²) in [5.41, 5.74) is 1.10. The molecular weight excluding hydrogens is 252 g/mol. The molecule has 1 aliphatic rings. The first-order valence-electron chi connectivity index (χ1n) is 7.40. The van der Waals surface area contributed by atoms with E-state index in [9.17, 15) is 4.79 Å². The summed E-state index contributed by atoms with van der Waals surface area (Å²) in [7, 11) is 1.65. The maximum atomic E-state index is 11.9. The Morgan fingerprint density at radius 3 is 2.55 bits per heavy atom. The van der Waals surface area contributed by atoms with Crippen LogP contribution in [0.25, 0.3) is 0 Å². The zero-order valence-corrected chi connectivity index (χ0v) is 12.4. The third-order valence-corrected chi connectivity index (χ3v) is 4.04. The summed E-state index contributed by atoms with van der Waals surface area (Å²) < 4.78 is 5.11. The number of carbonyl (C=O) groups excluding carboxylic acids is 1. The Balaban J connectivity index is 1.71. The van der Waals surface area contributed by atoms with Gasteiger partial charge in [-0.3, -0.25) is 4.79 Å². The number of quaternary nitrogens is 1. The molecule has 2 N–H and O–H groups in total. The molecule has 0 bridgehead atoms. The Bertz CT molecular complexity index is 423. The number of piperidine rings is 1. The Morgan fingerprint density at radius 2 is 1.95 bits per heavy atom. The van der Waals surface area contributed by atoms with Crippen LogP contribution in [-0.2, 0) is 11.3 Å². The summed E-state index contributed by atoms with van der Waals surface area (Å²) in [5.74, 6) is 1.80. The van der Waals surface area contributed by atoms with Gasteiger partial charge in [0.1, 0.15) is 5.75 Å². The van der Waals surface area contributed by atoms with Crippen molar-refractivity contribution in [1.29, 1.82) is 0 Å². The predicted molar refractivity (Wildman–Crippen MR) is 78.8 cm³/mol. The van der Waals surface area contributed by atoms with Gasteiger partial charge in [-0.2, -0.15) is 0 Å². The van der Waals surface area contributed by atoms with Gasteiger partial charge < -0.3 is 15.0 Å². The maximum absolute atomic E-state index is 11.9. The topological polar surface area (TPSA) is 42.8 Å². The molecule has 0 spiro atoms. The fourth-order valence-corrected chi connectivity index (χ4v) is 2.58. The molecule has 1 aromatic rings. The van der Waals surface area contributed by atoms with Crippen LogP contribution in [0.15, 0.2) is 24.3 Å². The lowest BCUT2D eigenvalue weighted by atomic mass is 9.99. The molecule has 0 aliphatic carbocycles. The minimum Gasteiger partial charge on any atom is -0.497 e. The lowest BCUT2D eigenvalue weighted by molar-refractivity contribution is -0.898. The summed E-state index contributed by atoms with van der Waals surface area (Å²) in [6, 6.07) is 7.79. The maximum Gasteiger partial charge on any atom is 0.275 e. The van der Waals surface area contributed by atoms with E-state index in [1.54, 1.807) is 7.11 Å². The van der Waals surface area contributed by atoms with E-state index in [2.05, 4.69) is 12.2 Å². The molecule has 1 aromatic carbocycles. The van der Waals surface area contributed by atoms with Crippen molar-refractivity contribution in [2.45, 2.75) is 26.3 Å². The summed E-state index contributed by atoms with van der Waals surface area (Å²) >= 11 is 0. The zero-order chi connectivity index (χ0) is 14.4. The number of likely N-dealkylation sites (tertiary alicyclic amines) is 1. The van der Waals surface area contributed by atoms with Gasteiger partial charge in [-0.1, -0.05) is 19.1 Å². The first-order chi connectivity index (χ1) is 9.67. The highest BCUT2D eigenvalue weighted by molar-refractivity contribution is 5.76. The molecule has 0 unspecified atom stereocenters. The Labute approximate surface area is 121 Å². The molecule has 20 heavy (non-hydrogen) atoms. The number of ether oxygens (including phenoxy) is 1. The van der Waals surface area contributed by atoms with E-state index >= 15 is 0 Å². The summed E-state index contributed by atoms with van der Waals surface area (Å²) in [5, 5.41) is 2.99. The number of carbonyl (C=O) groups is 1. The van der Waals surface area contributed by atoms with Crippen molar-refractivity contribution >= 4 is 5.91 Å². The minimum atomic E-state index is 0.144. The average Bonchev–Trinajstić information content (AvgIpc) is 2.48. The Hall–Kier alpha value is -1.55. The second-order valence-electron chi connectivity index (χ2n) is 5.73. The summed E-state index contributed by atoms with van der Waals surface area (Å²) in [6.45, 7) is 5.73. The molecular formula is C16H25N2O2+. The molecule has 1 amide bonds. The van der Waals surface area contributed by atoms with Crippen molar-refractivity contribution in [1.82, 2.24) is 5.32 Å². The van der Waals surface area contributed by atoms with E-state index in [1.165, 1.54) is 17.7 Å². The quantitative estimate of drug-likeness (QED) is 0.829. The summed E-state index contributed by atoms with van der Waals surface area (Å²) in [6.07, 6.45) is 2.47. The van der Waals surface area contributed by atoms with Crippen molar-refractivity contribution < 1.29 is 14.4 Å². The number of benzene rings is 1. The minimum absolute atomic E-state index is 0.144. The van der Waals surface area contributed by atoms with Crippen molar-refractivity contribution in [2.75, 3.05) is 26.7 Å². The number of nitrogens with one attached hydrogen (secondary N) is 2. The van der Waals surface area contributed by atoms with Crippen molar-refractivity contribution in [3.8, 4) is 5.75 Å². The normalized spacial score (nSPS) is 22.3. The zero-order valence-electron chi connectivity index (χ0n) is 12.4. The third-order valence-electron chi connectivity index (χ3n) is 4.04. The lowest BCUT2D eigenvalue weighted by Gasteiger charge is -2.26. The molecule has 0 aromatic heterocycles. The second-order valence-corrected chi connectivity index (χ2v) is 5.73. The number of methoxy groups -OCH3 is 1. The number of amides is 1. The standard InChI is InChI=1S/C16H24N2O2/c1-13-7-9-18(10-8-13)12-16(19)17-11-14-3-5-15(20-2)6-4-14/h3-6,13H,7-12H2,1-2H3,(H,17,19)/p+1. The van der Waals surface area contributed by atoms with Crippen LogP contribution in [0.2, 0.25) is 0 Å². The van der Waals surface area contributed by atoms with E-state index < -0.39 is 0 Å². The predicted octanol–water partition coefficient (Wildman–Crippen LogP) is 0.626. The van der Waals surface area contributed by atoms with E-state index in [0.717, 1.165) is 30.3 Å². The Kier molecular flexibility index (Phi) is 5.41. The fraction of sp³-hybridized carbons (Fsp3) is 0.562. The molecule has 1 aliphatic heterocycles. The third kappa shape index (κ3) is 4.53. The van der Waals surface area contributed by atoms with Gasteiger partial charge in [0.15, 0.2) is 6.54 Å². The average molecular weight is 277 g/mol. The monoisotopic (exact) mass is 277 g/mol. The van der Waals surface area contributed by atoms with Crippen molar-refractivity contribution in [3.05, 3.63) is 29.8 Å². The SMILES string of the molecule is COc1ccc(CNC(=O)C[NH+]2CCC(C)CC2)cc1. The van der Waals surface area contributed by atoms with Crippen molar-refractivity contribution in [3.63, 3.8) is 0 Å². The molecule has 4 nitrogen and oxygen atoms in total. The smallest absolute Gasteiger partial charge is 0.275 e. The Morgan fingerprint density at radius 1 is 1.30 bits per heavy atom. The van der Waals surface area contributed by atoms with Gasteiger partial charge in [0, 0.05) is 6.54 Å². The molecule has 2 rings (SSSR count). The number of hydrogen-bond donors (Lipinski definition) is 2. The van der Waals surface area contributed by atoms with Crippen molar-refractivity contribution in [2.24, 2.45) is 5.92 Å². The van der Waals surface area contributed by atoms with Gasteiger partial charge in [-0.05, 0) is 36.5 Å². The van der Waals surface area contributed by atoms with Crippen LogP contribution in [0.3, 0.4) is 0 Å². The van der Waals surface area contributed by atoms with Gasteiger partial charge >= 0.3 is 0 Å². The van der Waals surface area contributed by atoms with E-state index in [-0.39, 0.29) is 5.91 Å². The number of rotatable bonds is 5. The highest BCUT2D eigenvalue weighted by atomic mass is 16.5. The second kappa shape index (κ2) is 7.29. The highest BCUT2D eigenvalue weighted by Crippen LogP contribution is 2.10. The van der Waals surface area contributed by atoms with Gasteiger partial charge in [-0.25, -0.2) is 0 Å². The van der Waals surface area contributed by atoms with E-state index in [0.29, 0.717) is 13.1 Å². The largest absolute Gasteiger partial charge is 0.497 e. The molecule has 1 heterocycles. The van der Waals surface area contributed by atoms with E-state index in [1.807, 2.05) is 24.3 Å². The van der Waals surface area contributed by atoms with E-state index in [4.69, 9.17) is 4.74 Å². The van der Waals surface area contributed by atoms with Gasteiger partial charge in [0.05, 0.1) is 20.2 Å². The van der Waals surface area contributed by atoms with Gasteiger partial charge in [-0.15, -0.1) is 0 Å². The lowest BCUT2D eigenvalue weighted by Crippen LogP contribution is -3.14. The molecule has 0 saturated carbocycles. The molecule has 1 saturated heterocycles. The summed E-state index contributed by atoms with van der Waals surface area (Å²) in [4.78, 5) is 13.3. The van der Waals surface area contributed by atoms with Crippen LogP contribution in [-0.4, -0.2) is 32.7 Å². The first kappa shape index (κ1) is 14.9. The fourth-order valence-electron chi connectivity index (χ4n) is 2.58. The van der Waals surface area contributed by atoms with Gasteiger partial charge in [0.2, 0.25) is 0 Å². The van der Waals surface area contributed by atoms with Crippen LogP contribution in [0.1, 0.15) is 25.3 Å². The van der Waals surface area contributed by atoms with Crippen LogP contribution >= 0.6 is 0 Å². The molecule has 0 atom stereocenters. The molecule has 1 fully saturated rings. The van der Waals surface area contributed by atoms with Crippen LogP contribution in [0.4, 0.5) is 0 Å². The molecule has 110 valence electrons. The van der Waals surface area contributed by atoms with Crippen LogP contribution in [0, 0.1) is 5.92 Å². The first-order valence-corrected chi connectivity index (χ1v) is 7.40. The van der Waals surface area contributed by atoms with Crippen LogP contribution < -0.4 is 15.0 Å². The molecule has 0 radical (unpaired) electrons.